The molecule has 0 aliphatic rings. The van der Waals surface area contributed by atoms with Crippen LogP contribution in [0.1, 0.15) is 33.3 Å². The largest absolute Gasteiger partial charge is 0.306 e. The molecular formula is C12H18FN. The van der Waals surface area contributed by atoms with Crippen molar-refractivity contribution in [3.8, 4) is 0 Å². The lowest BCUT2D eigenvalue weighted by molar-refractivity contribution is 0.365. The van der Waals surface area contributed by atoms with E-state index in [9.17, 15) is 4.39 Å². The molecule has 0 fully saturated rings. The third kappa shape index (κ3) is 2.81. The molecular weight excluding hydrogens is 177 g/mol. The summed E-state index contributed by atoms with van der Waals surface area (Å²) in [7, 11) is 0. The molecule has 14 heavy (non-hydrogen) atoms. The lowest BCUT2D eigenvalue weighted by Gasteiger charge is -2.29. The lowest BCUT2D eigenvalue weighted by atomic mass is 9.93. The van der Waals surface area contributed by atoms with Gasteiger partial charge in [-0.25, -0.2) is 4.39 Å². The Balaban J connectivity index is 2.86. The fraction of sp³-hybridized carbons (Fsp3) is 0.500. The Bertz CT molecular complexity index is 288. The quantitative estimate of drug-likeness (QED) is 0.781. The molecule has 1 N–H and O–H groups in total. The van der Waals surface area contributed by atoms with Crippen LogP contribution in [-0.4, -0.2) is 6.04 Å². The first-order valence-corrected chi connectivity index (χ1v) is 4.95. The highest BCUT2D eigenvalue weighted by molar-refractivity contribution is 5.23. The van der Waals surface area contributed by atoms with E-state index in [1.807, 2.05) is 12.1 Å². The number of hydrogen-bond donors (Lipinski definition) is 1. The van der Waals surface area contributed by atoms with Crippen molar-refractivity contribution in [2.24, 2.45) is 0 Å². The second kappa shape index (κ2) is 4.09. The molecule has 0 aliphatic carbocycles. The summed E-state index contributed by atoms with van der Waals surface area (Å²) in [5.41, 5.74) is 0.995. The zero-order valence-electron chi connectivity index (χ0n) is 9.26. The van der Waals surface area contributed by atoms with E-state index in [0.29, 0.717) is 6.04 Å². The average Bonchev–Trinajstić information content (AvgIpc) is 2.02. The normalized spacial score (nSPS) is 12.1. The fourth-order valence-corrected chi connectivity index (χ4v) is 1.67. The summed E-state index contributed by atoms with van der Waals surface area (Å²) in [6.07, 6.45) is 0. The van der Waals surface area contributed by atoms with Crippen LogP contribution >= 0.6 is 0 Å². The van der Waals surface area contributed by atoms with Crippen LogP contribution in [0.4, 0.5) is 4.39 Å². The topological polar surface area (TPSA) is 12.0 Å². The molecule has 0 unspecified atom stereocenters. The third-order valence-electron chi connectivity index (χ3n) is 2.22. The van der Waals surface area contributed by atoms with Gasteiger partial charge in [-0.2, -0.15) is 0 Å². The van der Waals surface area contributed by atoms with E-state index in [1.54, 1.807) is 0 Å². The Morgan fingerprint density at radius 2 is 1.64 bits per heavy atom. The van der Waals surface area contributed by atoms with Gasteiger partial charge in [0, 0.05) is 11.6 Å². The summed E-state index contributed by atoms with van der Waals surface area (Å²) in [4.78, 5) is 0. The summed E-state index contributed by atoms with van der Waals surface area (Å²) in [5, 5.41) is 3.43. The maximum Gasteiger partial charge on any atom is 0.123 e. The van der Waals surface area contributed by atoms with Crippen LogP contribution in [0, 0.1) is 5.82 Å². The molecule has 1 aromatic rings. The predicted octanol–water partition coefficient (Wildman–Crippen LogP) is 3.06. The average molecular weight is 195 g/mol. The molecule has 0 bridgehead atoms. The summed E-state index contributed by atoms with van der Waals surface area (Å²) >= 11 is 0. The van der Waals surface area contributed by atoms with Gasteiger partial charge >= 0.3 is 0 Å². The van der Waals surface area contributed by atoms with Gasteiger partial charge in [0.05, 0.1) is 0 Å². The summed E-state index contributed by atoms with van der Waals surface area (Å²) in [5.74, 6) is -0.186. The summed E-state index contributed by atoms with van der Waals surface area (Å²) < 4.78 is 12.7. The maximum absolute atomic E-state index is 12.7. The van der Waals surface area contributed by atoms with Crippen molar-refractivity contribution < 1.29 is 4.39 Å². The number of hydrogen-bond acceptors (Lipinski definition) is 1. The van der Waals surface area contributed by atoms with E-state index >= 15 is 0 Å². The third-order valence-corrected chi connectivity index (χ3v) is 2.22. The minimum atomic E-state index is -0.186. The van der Waals surface area contributed by atoms with Gasteiger partial charge in [-0.15, -0.1) is 0 Å². The zero-order valence-corrected chi connectivity index (χ0v) is 9.26. The second-order valence-electron chi connectivity index (χ2n) is 4.43. The minimum absolute atomic E-state index is 0.109. The standard InChI is InChI=1S/C12H18FN/c1-9(2)14-12(3,4)10-5-7-11(13)8-6-10/h5-9,14H,1-4H3. The molecule has 0 aliphatic heterocycles. The van der Waals surface area contributed by atoms with Crippen LogP contribution < -0.4 is 5.32 Å². The van der Waals surface area contributed by atoms with Crippen molar-refractivity contribution in [3.05, 3.63) is 35.6 Å². The molecule has 0 spiro atoms. The first-order valence-electron chi connectivity index (χ1n) is 4.95. The van der Waals surface area contributed by atoms with Crippen LogP contribution in [0.25, 0.3) is 0 Å². The molecule has 0 radical (unpaired) electrons. The first-order chi connectivity index (χ1) is 6.42. The Hall–Kier alpha value is -0.890. The lowest BCUT2D eigenvalue weighted by Crippen LogP contribution is -2.40. The van der Waals surface area contributed by atoms with E-state index in [-0.39, 0.29) is 11.4 Å². The zero-order chi connectivity index (χ0) is 10.8. The van der Waals surface area contributed by atoms with Gasteiger partial charge in [-0.1, -0.05) is 26.0 Å². The van der Waals surface area contributed by atoms with Crippen molar-refractivity contribution in [1.82, 2.24) is 5.32 Å². The second-order valence-corrected chi connectivity index (χ2v) is 4.43. The van der Waals surface area contributed by atoms with Gasteiger partial charge in [0.15, 0.2) is 0 Å². The van der Waals surface area contributed by atoms with Gasteiger partial charge in [0.1, 0.15) is 5.82 Å². The number of rotatable bonds is 3. The Morgan fingerprint density at radius 3 is 2.07 bits per heavy atom. The molecule has 0 atom stereocenters. The van der Waals surface area contributed by atoms with Crippen LogP contribution in [0.2, 0.25) is 0 Å². The molecule has 0 saturated carbocycles. The Labute approximate surface area is 85.3 Å². The molecule has 1 nitrogen and oxygen atoms in total. The van der Waals surface area contributed by atoms with E-state index in [4.69, 9.17) is 0 Å². The van der Waals surface area contributed by atoms with Crippen molar-refractivity contribution in [2.45, 2.75) is 39.3 Å². The van der Waals surface area contributed by atoms with Gasteiger partial charge in [0.2, 0.25) is 0 Å². The van der Waals surface area contributed by atoms with Crippen LogP contribution in [-0.2, 0) is 5.54 Å². The molecule has 1 aromatic carbocycles. The highest BCUT2D eigenvalue weighted by Gasteiger charge is 2.20. The Kier molecular flexibility index (Phi) is 3.27. The summed E-state index contributed by atoms with van der Waals surface area (Å²) in [6.45, 7) is 8.40. The summed E-state index contributed by atoms with van der Waals surface area (Å²) in [6, 6.07) is 7.06. The number of benzene rings is 1. The van der Waals surface area contributed by atoms with Crippen molar-refractivity contribution in [1.29, 1.82) is 0 Å². The van der Waals surface area contributed by atoms with Crippen LogP contribution in [0.5, 0.6) is 0 Å². The van der Waals surface area contributed by atoms with E-state index in [2.05, 4.69) is 33.0 Å². The molecule has 0 amide bonds. The SMILES string of the molecule is CC(C)NC(C)(C)c1ccc(F)cc1. The molecule has 2 heteroatoms. The minimum Gasteiger partial charge on any atom is -0.306 e. The molecule has 78 valence electrons. The van der Waals surface area contributed by atoms with E-state index in [0.717, 1.165) is 5.56 Å². The molecule has 0 aromatic heterocycles. The fourth-order valence-electron chi connectivity index (χ4n) is 1.67. The van der Waals surface area contributed by atoms with Crippen LogP contribution in [0.3, 0.4) is 0 Å². The van der Waals surface area contributed by atoms with Crippen LogP contribution in [0.15, 0.2) is 24.3 Å². The van der Waals surface area contributed by atoms with Gasteiger partial charge in [-0.05, 0) is 31.5 Å². The van der Waals surface area contributed by atoms with E-state index in [1.165, 1.54) is 12.1 Å². The number of nitrogens with one attached hydrogen (secondary N) is 1. The molecule has 0 heterocycles. The van der Waals surface area contributed by atoms with Gasteiger partial charge < -0.3 is 5.32 Å². The maximum atomic E-state index is 12.7. The molecule has 0 saturated heterocycles. The highest BCUT2D eigenvalue weighted by atomic mass is 19.1. The van der Waals surface area contributed by atoms with Gasteiger partial charge in [-0.3, -0.25) is 0 Å². The number of halogens is 1. The van der Waals surface area contributed by atoms with Crippen molar-refractivity contribution in [2.75, 3.05) is 0 Å². The van der Waals surface area contributed by atoms with Gasteiger partial charge in [0.25, 0.3) is 0 Å². The predicted molar refractivity (Wildman–Crippen MR) is 57.7 cm³/mol. The first kappa shape index (κ1) is 11.2. The van der Waals surface area contributed by atoms with Crippen molar-refractivity contribution in [3.63, 3.8) is 0 Å². The van der Waals surface area contributed by atoms with E-state index < -0.39 is 0 Å². The molecule has 1 rings (SSSR count). The van der Waals surface area contributed by atoms with Crippen molar-refractivity contribution >= 4 is 0 Å². The monoisotopic (exact) mass is 195 g/mol. The smallest absolute Gasteiger partial charge is 0.123 e. The Morgan fingerprint density at radius 1 is 1.14 bits per heavy atom. The highest BCUT2D eigenvalue weighted by Crippen LogP contribution is 2.20.